The van der Waals surface area contributed by atoms with E-state index < -0.39 is 10.0 Å². The average Bonchev–Trinajstić information content (AvgIpc) is 2.72. The number of hydrogen-bond acceptors (Lipinski definition) is 6. The van der Waals surface area contributed by atoms with E-state index in [0.29, 0.717) is 18.1 Å². The minimum atomic E-state index is -3.90. The van der Waals surface area contributed by atoms with Crippen LogP contribution in [0.1, 0.15) is 39.0 Å². The Kier molecular flexibility index (Phi) is 8.73. The Bertz CT molecular complexity index is 777. The number of rotatable bonds is 10. The van der Waals surface area contributed by atoms with Crippen molar-refractivity contribution in [1.29, 1.82) is 0 Å². The molecule has 1 N–H and O–H groups in total. The van der Waals surface area contributed by atoms with Crippen LogP contribution in [0, 0.1) is 0 Å². The first-order chi connectivity index (χ1) is 13.8. The summed E-state index contributed by atoms with van der Waals surface area (Å²) >= 11 is 0. The molecule has 0 aliphatic heterocycles. The Hall–Kier alpha value is -1.84. The molecule has 9 heteroatoms. The van der Waals surface area contributed by atoms with Crippen LogP contribution in [-0.2, 0) is 19.6 Å². The number of sulfonamides is 1. The van der Waals surface area contributed by atoms with Crippen molar-refractivity contribution in [3.05, 3.63) is 18.2 Å². The second-order valence-corrected chi connectivity index (χ2v) is 9.17. The van der Waals surface area contributed by atoms with E-state index >= 15 is 0 Å². The minimum Gasteiger partial charge on any atom is -0.493 e. The Balaban J connectivity index is 2.32. The molecule has 1 aromatic rings. The monoisotopic (exact) mass is 428 g/mol. The molecule has 0 heterocycles. The van der Waals surface area contributed by atoms with E-state index in [2.05, 4.69) is 5.32 Å². The molecule has 0 spiro atoms. The largest absolute Gasteiger partial charge is 0.493 e. The summed E-state index contributed by atoms with van der Waals surface area (Å²) in [6.45, 7) is 1.95. The molecule has 0 aromatic heterocycles. The Morgan fingerprint density at radius 3 is 2.38 bits per heavy atom. The molecule has 1 aromatic carbocycles. The number of nitrogens with zero attached hydrogens (tertiary/aromatic N) is 1. The summed E-state index contributed by atoms with van der Waals surface area (Å²) in [5, 5.41) is 2.80. The third kappa shape index (κ3) is 6.07. The third-order valence-corrected chi connectivity index (χ3v) is 6.96. The lowest BCUT2D eigenvalue weighted by Crippen LogP contribution is -2.49. The number of hydrogen-bond donors (Lipinski definition) is 1. The minimum absolute atomic E-state index is 0.0819. The predicted molar refractivity (Wildman–Crippen MR) is 110 cm³/mol. The number of carbonyl (C=O) groups excluding carboxylic acids is 1. The van der Waals surface area contributed by atoms with E-state index in [0.717, 1.165) is 32.1 Å². The molecule has 0 radical (unpaired) electrons. The van der Waals surface area contributed by atoms with Gasteiger partial charge in [0.1, 0.15) is 0 Å². The van der Waals surface area contributed by atoms with Crippen LogP contribution in [0.3, 0.4) is 0 Å². The van der Waals surface area contributed by atoms with Gasteiger partial charge in [-0.05, 0) is 31.9 Å². The number of carbonyl (C=O) groups is 1. The Morgan fingerprint density at radius 1 is 1.14 bits per heavy atom. The van der Waals surface area contributed by atoms with Gasteiger partial charge in [0.25, 0.3) is 0 Å². The predicted octanol–water partition coefficient (Wildman–Crippen LogP) is 2.18. The molecule has 1 fully saturated rings. The summed E-state index contributed by atoms with van der Waals surface area (Å²) in [6.07, 6.45) is 4.47. The topological polar surface area (TPSA) is 94.2 Å². The van der Waals surface area contributed by atoms with Crippen molar-refractivity contribution < 1.29 is 27.4 Å². The van der Waals surface area contributed by atoms with Gasteiger partial charge in [-0.3, -0.25) is 4.79 Å². The molecule has 164 valence electrons. The highest BCUT2D eigenvalue weighted by molar-refractivity contribution is 7.89. The van der Waals surface area contributed by atoms with Crippen LogP contribution in [0.4, 0.5) is 0 Å². The molecule has 0 bridgehead atoms. The highest BCUT2D eigenvalue weighted by Crippen LogP contribution is 2.33. The summed E-state index contributed by atoms with van der Waals surface area (Å²) in [6, 6.07) is 4.08. The zero-order valence-corrected chi connectivity index (χ0v) is 18.5. The second kappa shape index (κ2) is 10.8. The van der Waals surface area contributed by atoms with Crippen LogP contribution in [0.5, 0.6) is 11.5 Å². The van der Waals surface area contributed by atoms with Crippen molar-refractivity contribution in [1.82, 2.24) is 9.62 Å². The van der Waals surface area contributed by atoms with Crippen LogP contribution < -0.4 is 14.8 Å². The maximum absolute atomic E-state index is 13.5. The summed E-state index contributed by atoms with van der Waals surface area (Å²) in [7, 11) is 0.606. The van der Waals surface area contributed by atoms with Crippen LogP contribution in [0.2, 0.25) is 0 Å². The molecular weight excluding hydrogens is 396 g/mol. The van der Waals surface area contributed by atoms with Gasteiger partial charge in [-0.1, -0.05) is 19.3 Å². The fourth-order valence-electron chi connectivity index (χ4n) is 3.65. The van der Waals surface area contributed by atoms with Crippen LogP contribution in [0.15, 0.2) is 23.1 Å². The summed E-state index contributed by atoms with van der Waals surface area (Å²) in [5.41, 5.74) is 0. The first-order valence-corrected chi connectivity index (χ1v) is 11.3. The smallest absolute Gasteiger partial charge is 0.243 e. The lowest BCUT2D eigenvalue weighted by atomic mass is 9.95. The molecule has 2 rings (SSSR count). The van der Waals surface area contributed by atoms with Crippen molar-refractivity contribution in [3.8, 4) is 11.5 Å². The summed E-state index contributed by atoms with van der Waals surface area (Å²) in [4.78, 5) is 12.6. The van der Waals surface area contributed by atoms with E-state index in [1.807, 2.05) is 6.92 Å². The van der Waals surface area contributed by atoms with Crippen molar-refractivity contribution >= 4 is 15.9 Å². The van der Waals surface area contributed by atoms with Gasteiger partial charge in [0.15, 0.2) is 11.5 Å². The zero-order valence-electron chi connectivity index (χ0n) is 17.6. The van der Waals surface area contributed by atoms with Crippen molar-refractivity contribution in [3.63, 3.8) is 0 Å². The quantitative estimate of drug-likeness (QED) is 0.614. The van der Waals surface area contributed by atoms with Crippen molar-refractivity contribution in [2.75, 3.05) is 34.5 Å². The highest BCUT2D eigenvalue weighted by Gasteiger charge is 2.34. The van der Waals surface area contributed by atoms with Crippen LogP contribution in [0.25, 0.3) is 0 Å². The molecular formula is C20H32N2O6S. The molecule has 0 unspecified atom stereocenters. The standard InChI is InChI=1S/C20H32N2O6S/c1-15(14-26-2)21-20(23)13-22(16-8-6-5-7-9-16)29(24,25)17-10-11-18(27-3)19(12-17)28-4/h10-12,15-16H,5-9,13-14H2,1-4H3,(H,21,23)/t15-/m1/s1. The Labute approximate surface area is 173 Å². The number of amides is 1. The molecule has 29 heavy (non-hydrogen) atoms. The van der Waals surface area contributed by atoms with E-state index in [1.165, 1.54) is 30.7 Å². The fourth-order valence-corrected chi connectivity index (χ4v) is 5.30. The fraction of sp³-hybridized carbons (Fsp3) is 0.650. The van der Waals surface area contributed by atoms with Crippen LogP contribution in [-0.4, -0.2) is 65.2 Å². The highest BCUT2D eigenvalue weighted by atomic mass is 32.2. The molecule has 1 aliphatic rings. The summed E-state index contributed by atoms with van der Waals surface area (Å²) in [5.74, 6) is 0.432. The maximum Gasteiger partial charge on any atom is 0.243 e. The van der Waals surface area contributed by atoms with E-state index in [-0.39, 0.29) is 29.4 Å². The van der Waals surface area contributed by atoms with Gasteiger partial charge in [-0.25, -0.2) is 8.42 Å². The van der Waals surface area contributed by atoms with Gasteiger partial charge in [-0.2, -0.15) is 4.31 Å². The van der Waals surface area contributed by atoms with Crippen LogP contribution >= 0.6 is 0 Å². The SMILES string of the molecule is COC[C@@H](C)NC(=O)CN(C1CCCCC1)S(=O)(=O)c1ccc(OC)c(OC)c1. The van der Waals surface area contributed by atoms with Gasteiger partial charge in [0, 0.05) is 25.3 Å². The van der Waals surface area contributed by atoms with E-state index in [1.54, 1.807) is 13.2 Å². The van der Waals surface area contributed by atoms with Gasteiger partial charge >= 0.3 is 0 Å². The lowest BCUT2D eigenvalue weighted by molar-refractivity contribution is -0.122. The van der Waals surface area contributed by atoms with Crippen molar-refractivity contribution in [2.45, 2.75) is 56.0 Å². The normalized spacial score (nSPS) is 16.4. The number of benzene rings is 1. The number of methoxy groups -OCH3 is 3. The molecule has 8 nitrogen and oxygen atoms in total. The lowest BCUT2D eigenvalue weighted by Gasteiger charge is -2.33. The van der Waals surface area contributed by atoms with E-state index in [9.17, 15) is 13.2 Å². The molecule has 1 amide bonds. The third-order valence-electron chi connectivity index (χ3n) is 5.07. The molecule has 1 atom stereocenters. The molecule has 1 aliphatic carbocycles. The average molecular weight is 429 g/mol. The van der Waals surface area contributed by atoms with Gasteiger partial charge in [-0.15, -0.1) is 0 Å². The van der Waals surface area contributed by atoms with Gasteiger partial charge in [0.2, 0.25) is 15.9 Å². The second-order valence-electron chi connectivity index (χ2n) is 7.28. The van der Waals surface area contributed by atoms with E-state index in [4.69, 9.17) is 14.2 Å². The van der Waals surface area contributed by atoms with Gasteiger partial charge in [0.05, 0.1) is 32.3 Å². The summed E-state index contributed by atoms with van der Waals surface area (Å²) < 4.78 is 43.8. The molecule has 0 saturated heterocycles. The maximum atomic E-state index is 13.5. The number of nitrogens with one attached hydrogen (secondary N) is 1. The number of ether oxygens (including phenoxy) is 3. The van der Waals surface area contributed by atoms with Gasteiger partial charge < -0.3 is 19.5 Å². The zero-order chi connectivity index (χ0) is 21.4. The first kappa shape index (κ1) is 23.4. The molecule has 1 saturated carbocycles. The van der Waals surface area contributed by atoms with Crippen molar-refractivity contribution in [2.24, 2.45) is 0 Å². The first-order valence-electron chi connectivity index (χ1n) is 9.85. The Morgan fingerprint density at radius 2 is 1.79 bits per heavy atom.